The van der Waals surface area contributed by atoms with Crippen LogP contribution in [0.2, 0.25) is 0 Å². The fourth-order valence-corrected chi connectivity index (χ4v) is 1.66. The molecule has 0 nitrogen and oxygen atoms in total. The van der Waals surface area contributed by atoms with Crippen molar-refractivity contribution in [2.75, 3.05) is 5.75 Å². The zero-order valence-electron chi connectivity index (χ0n) is 9.52. The first-order chi connectivity index (χ1) is 8.68. The fraction of sp³-hybridized carbons (Fsp3) is 0.333. The van der Waals surface area contributed by atoms with Gasteiger partial charge < -0.3 is 0 Å². The molecule has 0 heterocycles. The molecule has 1 rings (SSSR count). The van der Waals surface area contributed by atoms with Crippen molar-refractivity contribution >= 4 is 18.7 Å². The van der Waals surface area contributed by atoms with E-state index in [1.807, 2.05) is 0 Å². The molecular weight excluding hydrogens is 290 g/mol. The van der Waals surface area contributed by atoms with Crippen molar-refractivity contribution in [3.05, 3.63) is 41.0 Å². The summed E-state index contributed by atoms with van der Waals surface area (Å²) in [6.07, 6.45) is -7.29. The predicted molar refractivity (Wildman–Crippen MR) is 64.0 cm³/mol. The molecule has 0 bridgehead atoms. The predicted octanol–water partition coefficient (Wildman–Crippen LogP) is 5.06. The molecule has 1 aromatic carbocycles. The van der Waals surface area contributed by atoms with Gasteiger partial charge in [0.2, 0.25) is 0 Å². The molecule has 0 atom stereocenters. The van der Waals surface area contributed by atoms with Crippen LogP contribution in [0.3, 0.4) is 0 Å². The van der Waals surface area contributed by atoms with Crippen molar-refractivity contribution in [2.24, 2.45) is 0 Å². The first-order valence-electron chi connectivity index (χ1n) is 5.22. The summed E-state index contributed by atoms with van der Waals surface area (Å²) in [6.45, 7) is 0. The quantitative estimate of drug-likeness (QED) is 0.585. The average molecular weight is 300 g/mol. The third-order valence-electron chi connectivity index (χ3n) is 2.30. The van der Waals surface area contributed by atoms with Crippen molar-refractivity contribution in [3.8, 4) is 0 Å². The number of thiol groups is 1. The number of alkyl halides is 6. The van der Waals surface area contributed by atoms with E-state index in [2.05, 4.69) is 12.6 Å². The Labute approximate surface area is 111 Å². The number of halogens is 6. The molecule has 106 valence electrons. The molecule has 0 N–H and O–H groups in total. The first-order valence-corrected chi connectivity index (χ1v) is 5.86. The maximum absolute atomic E-state index is 12.7. The molecule has 0 fully saturated rings. The molecule has 0 saturated carbocycles. The maximum atomic E-state index is 12.7. The van der Waals surface area contributed by atoms with Crippen LogP contribution in [0.25, 0.3) is 6.08 Å². The summed E-state index contributed by atoms with van der Waals surface area (Å²) in [5, 5.41) is 0. The zero-order valence-corrected chi connectivity index (χ0v) is 10.4. The Bertz CT molecular complexity index is 426. The van der Waals surface area contributed by atoms with Gasteiger partial charge >= 0.3 is 12.4 Å². The van der Waals surface area contributed by atoms with E-state index in [-0.39, 0.29) is 6.42 Å². The SMILES string of the molecule is FC(F)(F)c1cccc(C(F)(F)F)c1C=CCCS. The lowest BCUT2D eigenvalue weighted by Gasteiger charge is -2.16. The van der Waals surface area contributed by atoms with Gasteiger partial charge in [0.05, 0.1) is 11.1 Å². The van der Waals surface area contributed by atoms with Gasteiger partial charge in [-0.2, -0.15) is 39.0 Å². The van der Waals surface area contributed by atoms with E-state index in [4.69, 9.17) is 0 Å². The molecule has 0 aliphatic heterocycles. The smallest absolute Gasteiger partial charge is 0.179 e. The Hall–Kier alpha value is -1.11. The number of hydrogen-bond donors (Lipinski definition) is 1. The van der Waals surface area contributed by atoms with Crippen LogP contribution in [0.5, 0.6) is 0 Å². The van der Waals surface area contributed by atoms with Crippen molar-refractivity contribution in [1.82, 2.24) is 0 Å². The summed E-state index contributed by atoms with van der Waals surface area (Å²) >= 11 is 3.84. The Balaban J connectivity index is 3.41. The van der Waals surface area contributed by atoms with Crippen molar-refractivity contribution in [2.45, 2.75) is 18.8 Å². The van der Waals surface area contributed by atoms with Crippen LogP contribution in [0.1, 0.15) is 23.1 Å². The maximum Gasteiger partial charge on any atom is 0.417 e. The molecule has 1 aromatic rings. The highest BCUT2D eigenvalue weighted by Crippen LogP contribution is 2.39. The number of benzene rings is 1. The molecule has 0 aliphatic rings. The average Bonchev–Trinajstić information content (AvgIpc) is 2.26. The molecule has 0 radical (unpaired) electrons. The molecule has 0 spiro atoms. The van der Waals surface area contributed by atoms with E-state index in [0.717, 1.165) is 12.1 Å². The Morgan fingerprint density at radius 2 is 1.42 bits per heavy atom. The second kappa shape index (κ2) is 5.90. The van der Waals surface area contributed by atoms with Gasteiger partial charge in [0.1, 0.15) is 0 Å². The molecule has 0 unspecified atom stereocenters. The fourth-order valence-electron chi connectivity index (χ4n) is 1.51. The lowest BCUT2D eigenvalue weighted by molar-refractivity contribution is -0.143. The Kier molecular flexibility index (Phi) is 4.95. The third kappa shape index (κ3) is 4.19. The minimum Gasteiger partial charge on any atom is -0.179 e. The van der Waals surface area contributed by atoms with E-state index in [0.29, 0.717) is 17.9 Å². The summed E-state index contributed by atoms with van der Waals surface area (Å²) in [5.41, 5.74) is -3.44. The molecular formula is C12H10F6S. The van der Waals surface area contributed by atoms with Crippen LogP contribution >= 0.6 is 12.6 Å². The van der Waals surface area contributed by atoms with Gasteiger partial charge in [-0.25, -0.2) is 0 Å². The van der Waals surface area contributed by atoms with Crippen LogP contribution in [0, 0.1) is 0 Å². The standard InChI is InChI=1S/C12H10F6S/c13-11(14,15)9-5-3-6-10(12(16,17)18)8(9)4-1-2-7-19/h1,3-6,19H,2,7H2. The third-order valence-corrected chi connectivity index (χ3v) is 2.56. The van der Waals surface area contributed by atoms with Crippen LogP contribution in [-0.4, -0.2) is 5.75 Å². The Morgan fingerprint density at radius 1 is 0.947 bits per heavy atom. The molecule has 0 amide bonds. The number of allylic oxidation sites excluding steroid dienone is 1. The molecule has 0 aliphatic carbocycles. The van der Waals surface area contributed by atoms with Gasteiger partial charge in [-0.15, -0.1) is 0 Å². The minimum absolute atomic E-state index is 0.284. The van der Waals surface area contributed by atoms with Gasteiger partial charge in [0, 0.05) is 0 Å². The summed E-state index contributed by atoms with van der Waals surface area (Å²) in [4.78, 5) is 0. The van der Waals surface area contributed by atoms with Crippen LogP contribution in [-0.2, 0) is 12.4 Å². The molecule has 7 heteroatoms. The summed E-state index contributed by atoms with van der Waals surface area (Å²) < 4.78 is 76.3. The van der Waals surface area contributed by atoms with Crippen molar-refractivity contribution in [3.63, 3.8) is 0 Å². The van der Waals surface area contributed by atoms with Crippen LogP contribution < -0.4 is 0 Å². The van der Waals surface area contributed by atoms with Crippen LogP contribution in [0.15, 0.2) is 24.3 Å². The summed E-state index contributed by atoms with van der Waals surface area (Å²) in [5.74, 6) is 0.339. The summed E-state index contributed by atoms with van der Waals surface area (Å²) in [6, 6.07) is 2.02. The lowest BCUT2D eigenvalue weighted by atomic mass is 9.99. The van der Waals surface area contributed by atoms with Gasteiger partial charge in [0.25, 0.3) is 0 Å². The topological polar surface area (TPSA) is 0 Å². The van der Waals surface area contributed by atoms with Gasteiger partial charge in [-0.3, -0.25) is 0 Å². The Morgan fingerprint density at radius 3 is 1.79 bits per heavy atom. The second-order valence-electron chi connectivity index (χ2n) is 3.68. The van der Waals surface area contributed by atoms with Crippen LogP contribution in [0.4, 0.5) is 26.3 Å². The van der Waals surface area contributed by atoms with Gasteiger partial charge in [-0.1, -0.05) is 18.2 Å². The van der Waals surface area contributed by atoms with Crippen molar-refractivity contribution < 1.29 is 26.3 Å². The largest absolute Gasteiger partial charge is 0.417 e. The lowest BCUT2D eigenvalue weighted by Crippen LogP contribution is -2.14. The van der Waals surface area contributed by atoms with E-state index >= 15 is 0 Å². The summed E-state index contributed by atoms with van der Waals surface area (Å²) in [7, 11) is 0. The highest BCUT2D eigenvalue weighted by atomic mass is 32.1. The number of rotatable bonds is 3. The second-order valence-corrected chi connectivity index (χ2v) is 4.12. The molecule has 0 aromatic heterocycles. The molecule has 19 heavy (non-hydrogen) atoms. The van der Waals surface area contributed by atoms with E-state index in [1.54, 1.807) is 0 Å². The van der Waals surface area contributed by atoms with E-state index < -0.39 is 29.0 Å². The monoisotopic (exact) mass is 300 g/mol. The first kappa shape index (κ1) is 15.9. The van der Waals surface area contributed by atoms with Gasteiger partial charge in [0.15, 0.2) is 0 Å². The van der Waals surface area contributed by atoms with Gasteiger partial charge in [-0.05, 0) is 29.9 Å². The highest BCUT2D eigenvalue weighted by molar-refractivity contribution is 7.80. The van der Waals surface area contributed by atoms with E-state index in [1.165, 1.54) is 6.08 Å². The number of hydrogen-bond acceptors (Lipinski definition) is 1. The highest BCUT2D eigenvalue weighted by Gasteiger charge is 2.39. The normalized spacial score (nSPS) is 13.2. The van der Waals surface area contributed by atoms with Crippen molar-refractivity contribution in [1.29, 1.82) is 0 Å². The zero-order chi connectivity index (χ0) is 14.7. The van der Waals surface area contributed by atoms with E-state index in [9.17, 15) is 26.3 Å². The molecule has 0 saturated heterocycles. The minimum atomic E-state index is -4.83.